The highest BCUT2D eigenvalue weighted by atomic mass is 16.2. The van der Waals surface area contributed by atoms with Crippen molar-refractivity contribution < 1.29 is 4.79 Å². The SMILES string of the molecule is C[C@H](c1cc2c(-c3ccc(N)cn3)ccnc2n1C)N1CC=C(c2ccc(C(=O)N(C)C)cc2)CC1. The number of anilines is 1. The average Bonchev–Trinajstić information content (AvgIpc) is 3.25. The van der Waals surface area contributed by atoms with E-state index in [1.54, 1.807) is 25.2 Å². The number of nitrogens with two attached hydrogens (primary N) is 1. The van der Waals surface area contributed by atoms with Crippen molar-refractivity contribution in [3.05, 3.63) is 83.8 Å². The highest BCUT2D eigenvalue weighted by Gasteiger charge is 2.23. The summed E-state index contributed by atoms with van der Waals surface area (Å²) < 4.78 is 2.19. The van der Waals surface area contributed by atoms with Crippen LogP contribution in [-0.4, -0.2) is 57.4 Å². The summed E-state index contributed by atoms with van der Waals surface area (Å²) in [5.41, 5.74) is 13.9. The molecule has 36 heavy (non-hydrogen) atoms. The Balaban J connectivity index is 1.37. The van der Waals surface area contributed by atoms with E-state index < -0.39 is 0 Å². The van der Waals surface area contributed by atoms with E-state index >= 15 is 0 Å². The fourth-order valence-electron chi connectivity index (χ4n) is 5.00. The lowest BCUT2D eigenvalue weighted by Gasteiger charge is -2.32. The monoisotopic (exact) mass is 480 g/mol. The van der Waals surface area contributed by atoms with E-state index in [0.717, 1.165) is 41.8 Å². The van der Waals surface area contributed by atoms with Gasteiger partial charge >= 0.3 is 0 Å². The van der Waals surface area contributed by atoms with Crippen molar-refractivity contribution in [3.8, 4) is 11.3 Å². The number of hydrogen-bond acceptors (Lipinski definition) is 5. The average molecular weight is 481 g/mol. The Kier molecular flexibility index (Phi) is 6.33. The van der Waals surface area contributed by atoms with Gasteiger partial charge in [0.25, 0.3) is 5.91 Å². The van der Waals surface area contributed by atoms with Crippen LogP contribution in [0.2, 0.25) is 0 Å². The van der Waals surface area contributed by atoms with E-state index in [9.17, 15) is 4.79 Å². The quantitative estimate of drug-likeness (QED) is 0.445. The molecule has 0 saturated heterocycles. The van der Waals surface area contributed by atoms with E-state index in [1.807, 2.05) is 36.5 Å². The Morgan fingerprint density at radius 1 is 1.08 bits per heavy atom. The molecule has 0 saturated carbocycles. The minimum atomic E-state index is 0.0268. The first-order chi connectivity index (χ1) is 17.3. The number of aryl methyl sites for hydroxylation is 1. The van der Waals surface area contributed by atoms with E-state index in [-0.39, 0.29) is 11.9 Å². The van der Waals surface area contributed by atoms with E-state index in [1.165, 1.54) is 16.8 Å². The molecule has 7 heteroatoms. The molecule has 1 aliphatic heterocycles. The number of carbonyl (C=O) groups is 1. The summed E-state index contributed by atoms with van der Waals surface area (Å²) in [6, 6.07) is 16.3. The molecule has 4 heterocycles. The van der Waals surface area contributed by atoms with Gasteiger partial charge in [-0.15, -0.1) is 0 Å². The Labute approximate surface area is 211 Å². The fraction of sp³-hybridized carbons (Fsp3) is 0.276. The van der Waals surface area contributed by atoms with Crippen LogP contribution in [0.15, 0.2) is 67.0 Å². The molecule has 4 aromatic rings. The number of pyridine rings is 2. The van der Waals surface area contributed by atoms with Crippen LogP contribution in [-0.2, 0) is 7.05 Å². The normalized spacial score (nSPS) is 15.1. The second-order valence-electron chi connectivity index (χ2n) is 9.63. The molecule has 184 valence electrons. The maximum Gasteiger partial charge on any atom is 0.253 e. The lowest BCUT2D eigenvalue weighted by molar-refractivity contribution is 0.0827. The summed E-state index contributed by atoms with van der Waals surface area (Å²) in [6.45, 7) is 4.10. The minimum absolute atomic E-state index is 0.0268. The number of nitrogens with zero attached hydrogens (tertiary/aromatic N) is 5. The maximum atomic E-state index is 12.2. The van der Waals surface area contributed by atoms with Gasteiger partial charge in [-0.05, 0) is 60.9 Å². The Bertz CT molecular complexity index is 1430. The first kappa shape index (κ1) is 23.8. The zero-order valence-corrected chi connectivity index (χ0v) is 21.3. The van der Waals surface area contributed by atoms with Crippen molar-refractivity contribution in [1.29, 1.82) is 0 Å². The number of rotatable bonds is 5. The van der Waals surface area contributed by atoms with Crippen molar-refractivity contribution in [1.82, 2.24) is 24.3 Å². The number of nitrogen functional groups attached to an aromatic ring is 1. The molecule has 1 amide bonds. The number of aromatic nitrogens is 3. The second kappa shape index (κ2) is 9.59. The van der Waals surface area contributed by atoms with Gasteiger partial charge < -0.3 is 15.2 Å². The lowest BCUT2D eigenvalue weighted by Crippen LogP contribution is -2.32. The van der Waals surface area contributed by atoms with Crippen LogP contribution in [0.1, 0.15) is 41.0 Å². The highest BCUT2D eigenvalue weighted by Crippen LogP contribution is 2.34. The number of carbonyl (C=O) groups excluding carboxylic acids is 1. The minimum Gasteiger partial charge on any atom is -0.397 e. The van der Waals surface area contributed by atoms with Crippen molar-refractivity contribution >= 4 is 28.2 Å². The third kappa shape index (κ3) is 4.38. The predicted molar refractivity (Wildman–Crippen MR) is 145 cm³/mol. The van der Waals surface area contributed by atoms with Gasteiger partial charge in [0.2, 0.25) is 0 Å². The van der Waals surface area contributed by atoms with Crippen LogP contribution in [0.4, 0.5) is 5.69 Å². The van der Waals surface area contributed by atoms with Gasteiger partial charge in [0, 0.05) is 68.7 Å². The molecule has 0 unspecified atom stereocenters. The van der Waals surface area contributed by atoms with Gasteiger partial charge in [0.15, 0.2) is 0 Å². The van der Waals surface area contributed by atoms with Gasteiger partial charge in [-0.25, -0.2) is 4.98 Å². The topological polar surface area (TPSA) is 80.3 Å². The zero-order chi connectivity index (χ0) is 25.4. The molecule has 1 atom stereocenters. The van der Waals surface area contributed by atoms with E-state index in [4.69, 9.17) is 5.73 Å². The molecule has 1 aliphatic rings. The Morgan fingerprint density at radius 3 is 2.50 bits per heavy atom. The van der Waals surface area contributed by atoms with E-state index in [2.05, 4.69) is 57.7 Å². The molecule has 1 aromatic carbocycles. The first-order valence-electron chi connectivity index (χ1n) is 12.2. The fourth-order valence-corrected chi connectivity index (χ4v) is 5.00. The van der Waals surface area contributed by atoms with Crippen LogP contribution in [0.5, 0.6) is 0 Å². The molecule has 2 N–H and O–H groups in total. The van der Waals surface area contributed by atoms with Crippen LogP contribution >= 0.6 is 0 Å². The molecule has 0 spiro atoms. The lowest BCUT2D eigenvalue weighted by atomic mass is 9.97. The van der Waals surface area contributed by atoms with Crippen molar-refractivity contribution in [2.24, 2.45) is 7.05 Å². The van der Waals surface area contributed by atoms with Gasteiger partial charge in [-0.1, -0.05) is 18.2 Å². The zero-order valence-electron chi connectivity index (χ0n) is 21.3. The summed E-state index contributed by atoms with van der Waals surface area (Å²) >= 11 is 0. The van der Waals surface area contributed by atoms with Crippen LogP contribution in [0.25, 0.3) is 27.9 Å². The summed E-state index contributed by atoms with van der Waals surface area (Å²) in [5.74, 6) is 0.0268. The molecule has 0 fully saturated rings. The van der Waals surface area contributed by atoms with Crippen LogP contribution in [0.3, 0.4) is 0 Å². The summed E-state index contributed by atoms with van der Waals surface area (Å²) in [6.07, 6.45) is 6.82. The standard InChI is InChI=1S/C29H32N6O/c1-19(35-15-12-21(13-16-35)20-5-7-22(8-6-20)29(36)33(2)3)27-17-25-24(11-14-31-28(25)34(27)4)26-10-9-23(30)18-32-26/h5-12,14,17-19H,13,15-16,30H2,1-4H3/t19-/m1/s1. The predicted octanol–water partition coefficient (Wildman–Crippen LogP) is 4.77. The molecular weight excluding hydrogens is 448 g/mol. The molecular formula is C29H32N6O. The third-order valence-corrected chi connectivity index (χ3v) is 7.15. The van der Waals surface area contributed by atoms with Crippen LogP contribution < -0.4 is 5.73 Å². The maximum absolute atomic E-state index is 12.2. The van der Waals surface area contributed by atoms with E-state index in [0.29, 0.717) is 11.3 Å². The number of amides is 1. The number of fused-ring (bicyclic) bond motifs is 1. The Morgan fingerprint density at radius 2 is 1.86 bits per heavy atom. The molecule has 3 aromatic heterocycles. The third-order valence-electron chi connectivity index (χ3n) is 7.15. The van der Waals surface area contributed by atoms with Gasteiger partial charge in [-0.2, -0.15) is 0 Å². The summed E-state index contributed by atoms with van der Waals surface area (Å²) in [7, 11) is 5.64. The molecule has 5 rings (SSSR count). The van der Waals surface area contributed by atoms with Gasteiger partial charge in [0.1, 0.15) is 5.65 Å². The van der Waals surface area contributed by atoms with Crippen molar-refractivity contribution in [3.63, 3.8) is 0 Å². The van der Waals surface area contributed by atoms with Gasteiger partial charge in [-0.3, -0.25) is 14.7 Å². The number of benzene rings is 1. The highest BCUT2D eigenvalue weighted by molar-refractivity contribution is 5.94. The van der Waals surface area contributed by atoms with Crippen molar-refractivity contribution in [2.75, 3.05) is 32.9 Å². The Hall–Kier alpha value is -3.97. The number of hydrogen-bond donors (Lipinski definition) is 1. The largest absolute Gasteiger partial charge is 0.397 e. The second-order valence-corrected chi connectivity index (χ2v) is 9.63. The molecule has 0 radical (unpaired) electrons. The summed E-state index contributed by atoms with van der Waals surface area (Å²) in [5, 5.41) is 1.10. The smallest absolute Gasteiger partial charge is 0.253 e. The van der Waals surface area contributed by atoms with Crippen LogP contribution in [0, 0.1) is 0 Å². The summed E-state index contributed by atoms with van der Waals surface area (Å²) in [4.78, 5) is 25.5. The van der Waals surface area contributed by atoms with Crippen molar-refractivity contribution in [2.45, 2.75) is 19.4 Å². The first-order valence-corrected chi connectivity index (χ1v) is 12.2. The molecule has 7 nitrogen and oxygen atoms in total. The molecule has 0 aliphatic carbocycles. The van der Waals surface area contributed by atoms with Gasteiger partial charge in [0.05, 0.1) is 17.6 Å². The molecule has 0 bridgehead atoms.